The molecule has 0 bridgehead atoms. The van der Waals surface area contributed by atoms with Gasteiger partial charge >= 0.3 is 12.1 Å². The van der Waals surface area contributed by atoms with E-state index in [9.17, 15) is 18.0 Å². The summed E-state index contributed by atoms with van der Waals surface area (Å²) in [7, 11) is 0. The molecule has 0 radical (unpaired) electrons. The Kier molecular flexibility index (Phi) is 5.12. The molecular weight excluding hydrogens is 255 g/mol. The van der Waals surface area contributed by atoms with Gasteiger partial charge in [-0.05, 0) is 18.6 Å². The molecule has 1 saturated heterocycles. The monoisotopic (exact) mass is 271 g/mol. The molecule has 0 amide bonds. The van der Waals surface area contributed by atoms with E-state index < -0.39 is 25.2 Å². The van der Waals surface area contributed by atoms with Crippen molar-refractivity contribution in [2.45, 2.75) is 37.2 Å². The largest absolute Gasteiger partial charge is 0.480 e. The molecule has 1 aliphatic heterocycles. The smallest absolute Gasteiger partial charge is 0.401 e. The number of alkyl halides is 3. The molecule has 0 spiro atoms. The van der Waals surface area contributed by atoms with Gasteiger partial charge in [0.15, 0.2) is 0 Å². The topological polar surface area (TPSA) is 40.5 Å². The molecule has 2 atom stereocenters. The Labute approximate surface area is 102 Å². The van der Waals surface area contributed by atoms with Gasteiger partial charge < -0.3 is 5.11 Å². The lowest BCUT2D eigenvalue weighted by Gasteiger charge is -2.37. The van der Waals surface area contributed by atoms with Gasteiger partial charge in [-0.3, -0.25) is 9.69 Å². The number of carbonyl (C=O) groups is 1. The van der Waals surface area contributed by atoms with Gasteiger partial charge in [0.2, 0.25) is 0 Å². The van der Waals surface area contributed by atoms with Crippen LogP contribution in [0.15, 0.2) is 0 Å². The molecular formula is C10H16F3NO2S. The lowest BCUT2D eigenvalue weighted by molar-refractivity contribution is -0.158. The Morgan fingerprint density at radius 2 is 2.18 bits per heavy atom. The van der Waals surface area contributed by atoms with Crippen LogP contribution in [-0.4, -0.2) is 52.3 Å². The Morgan fingerprint density at radius 3 is 2.65 bits per heavy atom. The molecule has 3 nitrogen and oxygen atoms in total. The minimum Gasteiger partial charge on any atom is -0.480 e. The zero-order valence-electron chi connectivity index (χ0n) is 9.54. The highest BCUT2D eigenvalue weighted by atomic mass is 32.2. The van der Waals surface area contributed by atoms with Crippen molar-refractivity contribution in [3.8, 4) is 0 Å². The number of carboxylic acids is 1. The minimum absolute atomic E-state index is 0.0467. The zero-order valence-corrected chi connectivity index (χ0v) is 10.4. The standard InChI is InChI=1S/C10H16F3NO2S/c1-7-8(3-2-4-17-7)14(5-9(15)16)6-10(11,12)13/h7-8H,2-6H2,1H3,(H,15,16). The third-order valence-corrected chi connectivity index (χ3v) is 4.12. The number of hydrogen-bond donors (Lipinski definition) is 1. The summed E-state index contributed by atoms with van der Waals surface area (Å²) in [5.41, 5.74) is 0. The van der Waals surface area contributed by atoms with E-state index in [0.29, 0.717) is 6.42 Å². The van der Waals surface area contributed by atoms with Crippen molar-refractivity contribution in [1.29, 1.82) is 0 Å². The maximum Gasteiger partial charge on any atom is 0.401 e. The van der Waals surface area contributed by atoms with Crippen molar-refractivity contribution in [3.63, 3.8) is 0 Å². The predicted molar refractivity (Wildman–Crippen MR) is 60.2 cm³/mol. The van der Waals surface area contributed by atoms with Crippen LogP contribution in [-0.2, 0) is 4.79 Å². The average molecular weight is 271 g/mol. The highest BCUT2D eigenvalue weighted by Gasteiger charge is 2.37. The third kappa shape index (κ3) is 5.16. The third-order valence-electron chi connectivity index (χ3n) is 2.76. The summed E-state index contributed by atoms with van der Waals surface area (Å²) in [6, 6.07) is -0.300. The Balaban J connectivity index is 2.70. The van der Waals surface area contributed by atoms with Crippen molar-refractivity contribution in [3.05, 3.63) is 0 Å². The fourth-order valence-electron chi connectivity index (χ4n) is 2.08. The van der Waals surface area contributed by atoms with E-state index in [4.69, 9.17) is 5.11 Å². The molecule has 7 heteroatoms. The summed E-state index contributed by atoms with van der Waals surface area (Å²) in [6.07, 6.45) is -2.87. The first-order chi connectivity index (χ1) is 7.79. The number of carboxylic acid groups (broad SMARTS) is 1. The van der Waals surface area contributed by atoms with Gasteiger partial charge in [0.25, 0.3) is 0 Å². The highest BCUT2D eigenvalue weighted by Crippen LogP contribution is 2.30. The van der Waals surface area contributed by atoms with Crippen LogP contribution in [0.3, 0.4) is 0 Å². The van der Waals surface area contributed by atoms with Crippen LogP contribution in [0.4, 0.5) is 13.2 Å². The molecule has 1 rings (SSSR count). The maximum absolute atomic E-state index is 12.4. The van der Waals surface area contributed by atoms with Gasteiger partial charge in [-0.1, -0.05) is 6.92 Å². The van der Waals surface area contributed by atoms with Crippen LogP contribution in [0.25, 0.3) is 0 Å². The van der Waals surface area contributed by atoms with Crippen LogP contribution in [0.2, 0.25) is 0 Å². The van der Waals surface area contributed by atoms with Gasteiger partial charge in [0.05, 0.1) is 13.1 Å². The van der Waals surface area contributed by atoms with Crippen LogP contribution in [0, 0.1) is 0 Å². The number of thioether (sulfide) groups is 1. The van der Waals surface area contributed by atoms with Crippen molar-refractivity contribution in [2.75, 3.05) is 18.8 Å². The summed E-state index contributed by atoms with van der Waals surface area (Å²) in [6.45, 7) is 0.170. The molecule has 17 heavy (non-hydrogen) atoms. The van der Waals surface area contributed by atoms with Gasteiger partial charge in [-0.25, -0.2) is 0 Å². The number of hydrogen-bond acceptors (Lipinski definition) is 3. The normalized spacial score (nSPS) is 26.2. The molecule has 1 N–H and O–H groups in total. The molecule has 100 valence electrons. The van der Waals surface area contributed by atoms with Crippen molar-refractivity contribution in [1.82, 2.24) is 4.90 Å². The van der Waals surface area contributed by atoms with Gasteiger partial charge in [-0.2, -0.15) is 24.9 Å². The fourth-order valence-corrected chi connectivity index (χ4v) is 3.32. The molecule has 0 aromatic rings. The van der Waals surface area contributed by atoms with Gasteiger partial charge in [0.1, 0.15) is 0 Å². The second-order valence-electron chi connectivity index (χ2n) is 4.20. The van der Waals surface area contributed by atoms with E-state index in [0.717, 1.165) is 17.1 Å². The molecule has 0 aliphatic carbocycles. The summed E-state index contributed by atoms with van der Waals surface area (Å²) in [5, 5.41) is 8.73. The summed E-state index contributed by atoms with van der Waals surface area (Å²) < 4.78 is 37.2. The maximum atomic E-state index is 12.4. The van der Waals surface area contributed by atoms with Crippen LogP contribution >= 0.6 is 11.8 Å². The van der Waals surface area contributed by atoms with E-state index in [1.54, 1.807) is 11.8 Å². The quantitative estimate of drug-likeness (QED) is 0.851. The molecule has 1 aliphatic rings. The molecule has 1 heterocycles. The Bertz CT molecular complexity index is 273. The van der Waals surface area contributed by atoms with E-state index >= 15 is 0 Å². The first-order valence-corrected chi connectivity index (χ1v) is 6.48. The van der Waals surface area contributed by atoms with Crippen LogP contribution in [0.1, 0.15) is 19.8 Å². The Hall–Kier alpha value is -0.430. The minimum atomic E-state index is -4.35. The van der Waals surface area contributed by atoms with Crippen LogP contribution in [0.5, 0.6) is 0 Å². The van der Waals surface area contributed by atoms with E-state index in [-0.39, 0.29) is 11.3 Å². The van der Waals surface area contributed by atoms with Crippen LogP contribution < -0.4 is 0 Å². The van der Waals surface area contributed by atoms with E-state index in [1.165, 1.54) is 0 Å². The lowest BCUT2D eigenvalue weighted by atomic mass is 10.1. The lowest BCUT2D eigenvalue weighted by Crippen LogP contribution is -2.49. The SMILES string of the molecule is CC1SCCCC1N(CC(=O)O)CC(F)(F)F. The van der Waals surface area contributed by atoms with E-state index in [1.807, 2.05) is 6.92 Å². The highest BCUT2D eigenvalue weighted by molar-refractivity contribution is 7.99. The summed E-state index contributed by atoms with van der Waals surface area (Å²) in [5.74, 6) is -0.276. The van der Waals surface area contributed by atoms with Crippen molar-refractivity contribution in [2.24, 2.45) is 0 Å². The Morgan fingerprint density at radius 1 is 1.53 bits per heavy atom. The van der Waals surface area contributed by atoms with E-state index in [2.05, 4.69) is 0 Å². The molecule has 0 aromatic heterocycles. The molecule has 1 fully saturated rings. The number of halogens is 3. The first-order valence-electron chi connectivity index (χ1n) is 5.44. The fraction of sp³-hybridized carbons (Fsp3) is 0.900. The van der Waals surface area contributed by atoms with Crippen molar-refractivity contribution >= 4 is 17.7 Å². The first kappa shape index (κ1) is 14.6. The second-order valence-corrected chi connectivity index (χ2v) is 5.68. The average Bonchev–Trinajstić information content (AvgIpc) is 2.14. The number of aliphatic carboxylic acids is 1. The second kappa shape index (κ2) is 5.95. The summed E-state index contributed by atoms with van der Waals surface area (Å²) in [4.78, 5) is 11.7. The van der Waals surface area contributed by atoms with Crippen molar-refractivity contribution < 1.29 is 23.1 Å². The molecule has 0 saturated carbocycles. The molecule has 0 aromatic carbocycles. The van der Waals surface area contributed by atoms with Gasteiger partial charge in [-0.15, -0.1) is 0 Å². The zero-order chi connectivity index (χ0) is 13.1. The predicted octanol–water partition coefficient (Wildman–Crippen LogP) is 2.22. The van der Waals surface area contributed by atoms with Gasteiger partial charge in [0, 0.05) is 11.3 Å². The summed E-state index contributed by atoms with van der Waals surface area (Å²) >= 11 is 1.61. The molecule has 2 unspecified atom stereocenters. The number of nitrogens with zero attached hydrogens (tertiary/aromatic N) is 1. The number of rotatable bonds is 4.